The number of anilines is 1. The standard InChI is InChI=1S/C21H23F3N2O.ClH/c1-13(10-14-4-2-6-16(11-14)21(22,23)24)20(27)26-19-7-3-5-15-12-17(25)8-9-18(15)19;/h2,4,6,8-9,11-13,19H,3,5,7,10,25H2,1H3,(H,26,27);1H. The predicted octanol–water partition coefficient (Wildman–Crippen LogP) is 5.08. The molecule has 0 aliphatic heterocycles. The number of hydrogen-bond donors (Lipinski definition) is 2. The summed E-state index contributed by atoms with van der Waals surface area (Å²) in [4.78, 5) is 12.6. The van der Waals surface area contributed by atoms with Crippen LogP contribution in [0, 0.1) is 5.92 Å². The highest BCUT2D eigenvalue weighted by molar-refractivity contribution is 5.85. The average molecular weight is 413 g/mol. The second-order valence-corrected chi connectivity index (χ2v) is 7.21. The third kappa shape index (κ3) is 5.19. The molecule has 3 nitrogen and oxygen atoms in total. The summed E-state index contributed by atoms with van der Waals surface area (Å²) in [5, 5.41) is 3.06. The molecule has 7 heteroatoms. The van der Waals surface area contributed by atoms with Gasteiger partial charge in [-0.2, -0.15) is 13.2 Å². The lowest BCUT2D eigenvalue weighted by Crippen LogP contribution is -2.35. The van der Waals surface area contributed by atoms with E-state index in [0.29, 0.717) is 11.3 Å². The Morgan fingerprint density at radius 1 is 1.25 bits per heavy atom. The summed E-state index contributed by atoms with van der Waals surface area (Å²) < 4.78 is 38.6. The number of nitrogens with two attached hydrogens (primary N) is 1. The molecule has 3 N–H and O–H groups in total. The highest BCUT2D eigenvalue weighted by Crippen LogP contribution is 2.32. The van der Waals surface area contributed by atoms with Crippen LogP contribution in [-0.2, 0) is 23.8 Å². The van der Waals surface area contributed by atoms with Crippen LogP contribution in [0.5, 0.6) is 0 Å². The van der Waals surface area contributed by atoms with Crippen LogP contribution >= 0.6 is 12.4 Å². The van der Waals surface area contributed by atoms with Crippen LogP contribution in [0.1, 0.15) is 48.1 Å². The second kappa shape index (κ2) is 8.86. The molecular weight excluding hydrogens is 389 g/mol. The van der Waals surface area contributed by atoms with Crippen LogP contribution in [0.15, 0.2) is 42.5 Å². The minimum Gasteiger partial charge on any atom is -0.399 e. The van der Waals surface area contributed by atoms with Gasteiger partial charge in [0.2, 0.25) is 5.91 Å². The van der Waals surface area contributed by atoms with Gasteiger partial charge in [-0.3, -0.25) is 4.79 Å². The molecule has 2 unspecified atom stereocenters. The van der Waals surface area contributed by atoms with Crippen molar-refractivity contribution in [3.05, 3.63) is 64.7 Å². The van der Waals surface area contributed by atoms with Crippen molar-refractivity contribution >= 4 is 24.0 Å². The smallest absolute Gasteiger partial charge is 0.399 e. The molecule has 1 aliphatic rings. The van der Waals surface area contributed by atoms with E-state index in [4.69, 9.17) is 5.73 Å². The zero-order valence-electron chi connectivity index (χ0n) is 15.6. The molecule has 2 aromatic rings. The van der Waals surface area contributed by atoms with Crippen molar-refractivity contribution in [3.8, 4) is 0 Å². The minimum atomic E-state index is -4.38. The predicted molar refractivity (Wildman–Crippen MR) is 106 cm³/mol. The molecule has 0 fully saturated rings. The van der Waals surface area contributed by atoms with Crippen molar-refractivity contribution in [2.45, 2.75) is 44.8 Å². The van der Waals surface area contributed by atoms with Crippen LogP contribution in [-0.4, -0.2) is 5.91 Å². The van der Waals surface area contributed by atoms with Gasteiger partial charge >= 0.3 is 6.18 Å². The molecule has 0 saturated heterocycles. The minimum absolute atomic E-state index is 0. The Labute approximate surface area is 168 Å². The fourth-order valence-electron chi connectivity index (χ4n) is 3.62. The summed E-state index contributed by atoms with van der Waals surface area (Å²) >= 11 is 0. The summed E-state index contributed by atoms with van der Waals surface area (Å²) in [7, 11) is 0. The number of nitrogens with one attached hydrogen (secondary N) is 1. The average Bonchev–Trinajstić information content (AvgIpc) is 2.61. The van der Waals surface area contributed by atoms with Crippen LogP contribution in [0.3, 0.4) is 0 Å². The molecule has 152 valence electrons. The van der Waals surface area contributed by atoms with E-state index < -0.39 is 17.7 Å². The van der Waals surface area contributed by atoms with E-state index in [1.54, 1.807) is 13.0 Å². The number of aryl methyl sites for hydroxylation is 1. The Morgan fingerprint density at radius 2 is 2.00 bits per heavy atom. The van der Waals surface area contributed by atoms with Gasteiger partial charge in [0.25, 0.3) is 0 Å². The molecule has 0 radical (unpaired) electrons. The number of alkyl halides is 3. The number of benzene rings is 2. The van der Waals surface area contributed by atoms with Gasteiger partial charge in [0, 0.05) is 11.6 Å². The quantitative estimate of drug-likeness (QED) is 0.688. The zero-order valence-corrected chi connectivity index (χ0v) is 16.4. The van der Waals surface area contributed by atoms with E-state index >= 15 is 0 Å². The molecule has 0 saturated carbocycles. The summed E-state index contributed by atoms with van der Waals surface area (Å²) in [6, 6.07) is 10.8. The van der Waals surface area contributed by atoms with E-state index in [1.165, 1.54) is 6.07 Å². The first-order valence-corrected chi connectivity index (χ1v) is 9.09. The van der Waals surface area contributed by atoms with Gasteiger partial charge in [0.05, 0.1) is 11.6 Å². The van der Waals surface area contributed by atoms with E-state index in [-0.39, 0.29) is 30.8 Å². The number of carbonyl (C=O) groups excluding carboxylic acids is 1. The number of halogens is 4. The van der Waals surface area contributed by atoms with Crippen LogP contribution in [0.4, 0.5) is 18.9 Å². The molecule has 0 aromatic heterocycles. The third-order valence-corrected chi connectivity index (χ3v) is 5.04. The van der Waals surface area contributed by atoms with E-state index in [0.717, 1.165) is 42.5 Å². The number of fused-ring (bicyclic) bond motifs is 1. The molecule has 2 aromatic carbocycles. The maximum absolute atomic E-state index is 12.9. The first-order chi connectivity index (χ1) is 12.7. The molecule has 0 spiro atoms. The monoisotopic (exact) mass is 412 g/mol. The highest BCUT2D eigenvalue weighted by atomic mass is 35.5. The van der Waals surface area contributed by atoms with Crippen molar-refractivity contribution in [1.29, 1.82) is 0 Å². The Hall–Kier alpha value is -2.21. The molecule has 28 heavy (non-hydrogen) atoms. The lowest BCUT2D eigenvalue weighted by molar-refractivity contribution is -0.137. The number of hydrogen-bond acceptors (Lipinski definition) is 2. The Balaban J connectivity index is 0.00000280. The maximum Gasteiger partial charge on any atom is 0.416 e. The molecule has 3 rings (SSSR count). The Bertz CT molecular complexity index is 839. The fraction of sp³-hybridized carbons (Fsp3) is 0.381. The number of nitrogen functional groups attached to an aromatic ring is 1. The maximum atomic E-state index is 12.9. The molecule has 0 heterocycles. The Kier molecular flexibility index (Phi) is 6.99. The first-order valence-electron chi connectivity index (χ1n) is 9.09. The molecule has 1 aliphatic carbocycles. The van der Waals surface area contributed by atoms with Crippen molar-refractivity contribution in [2.24, 2.45) is 5.92 Å². The van der Waals surface area contributed by atoms with Crippen molar-refractivity contribution in [1.82, 2.24) is 5.32 Å². The van der Waals surface area contributed by atoms with Crippen LogP contribution in [0.25, 0.3) is 0 Å². The largest absolute Gasteiger partial charge is 0.416 e. The van der Waals surface area contributed by atoms with E-state index in [1.807, 2.05) is 18.2 Å². The van der Waals surface area contributed by atoms with Gasteiger partial charge in [-0.15, -0.1) is 12.4 Å². The number of carbonyl (C=O) groups is 1. The lowest BCUT2D eigenvalue weighted by atomic mass is 9.87. The third-order valence-electron chi connectivity index (χ3n) is 5.04. The van der Waals surface area contributed by atoms with Gasteiger partial charge in [-0.05, 0) is 60.6 Å². The normalized spacial score (nSPS) is 17.2. The molecular formula is C21H24ClF3N2O. The first kappa shape index (κ1) is 22.1. The zero-order chi connectivity index (χ0) is 19.6. The van der Waals surface area contributed by atoms with Crippen molar-refractivity contribution in [3.63, 3.8) is 0 Å². The summed E-state index contributed by atoms with van der Waals surface area (Å²) in [5.41, 5.74) is 8.59. The van der Waals surface area contributed by atoms with Gasteiger partial charge in [0.15, 0.2) is 0 Å². The summed E-state index contributed by atoms with van der Waals surface area (Å²) in [5.74, 6) is -0.574. The van der Waals surface area contributed by atoms with E-state index in [9.17, 15) is 18.0 Å². The number of rotatable bonds is 4. The molecule has 1 amide bonds. The SMILES string of the molecule is CC(Cc1cccc(C(F)(F)F)c1)C(=O)NC1CCCc2cc(N)ccc21.Cl. The van der Waals surface area contributed by atoms with Crippen molar-refractivity contribution in [2.75, 3.05) is 5.73 Å². The van der Waals surface area contributed by atoms with Crippen LogP contribution < -0.4 is 11.1 Å². The van der Waals surface area contributed by atoms with Gasteiger partial charge in [0.1, 0.15) is 0 Å². The lowest BCUT2D eigenvalue weighted by Gasteiger charge is -2.28. The van der Waals surface area contributed by atoms with Crippen LogP contribution in [0.2, 0.25) is 0 Å². The van der Waals surface area contributed by atoms with Gasteiger partial charge in [-0.1, -0.05) is 31.2 Å². The van der Waals surface area contributed by atoms with Gasteiger partial charge in [-0.25, -0.2) is 0 Å². The summed E-state index contributed by atoms with van der Waals surface area (Å²) in [6.07, 6.45) is -1.37. The van der Waals surface area contributed by atoms with Gasteiger partial charge < -0.3 is 11.1 Å². The Morgan fingerprint density at radius 3 is 2.71 bits per heavy atom. The summed E-state index contributed by atoms with van der Waals surface area (Å²) in [6.45, 7) is 1.74. The topological polar surface area (TPSA) is 55.1 Å². The second-order valence-electron chi connectivity index (χ2n) is 7.21. The highest BCUT2D eigenvalue weighted by Gasteiger charge is 2.30. The van der Waals surface area contributed by atoms with Crippen molar-refractivity contribution < 1.29 is 18.0 Å². The number of amides is 1. The fourth-order valence-corrected chi connectivity index (χ4v) is 3.62. The molecule has 2 atom stereocenters. The van der Waals surface area contributed by atoms with E-state index in [2.05, 4.69) is 5.32 Å². The molecule has 0 bridgehead atoms.